The number of hydrogen-bond acceptors (Lipinski definition) is 5. The van der Waals surface area contributed by atoms with Gasteiger partial charge in [0.05, 0.1) is 32.0 Å². The Morgan fingerprint density at radius 1 is 0.893 bits per heavy atom. The van der Waals surface area contributed by atoms with E-state index in [1.165, 1.54) is 11.1 Å². The minimum atomic E-state index is 0.636. The molecule has 1 aliphatic rings. The smallest absolute Gasteiger partial charge is 0.203 e. The summed E-state index contributed by atoms with van der Waals surface area (Å²) in [6.45, 7) is 7.11. The predicted octanol–water partition coefficient (Wildman–Crippen LogP) is 4.04. The topological polar surface area (TPSA) is 34.2 Å². The Morgan fingerprint density at radius 3 is 2.11 bits per heavy atom. The maximum absolute atomic E-state index is 6.40. The van der Waals surface area contributed by atoms with Crippen LogP contribution in [0.3, 0.4) is 0 Å². The van der Waals surface area contributed by atoms with Gasteiger partial charge in [0.15, 0.2) is 11.5 Å². The quantitative estimate of drug-likeness (QED) is 0.695. The van der Waals surface area contributed by atoms with Crippen LogP contribution in [0.4, 0.5) is 5.69 Å². The Balaban J connectivity index is 1.59. The Bertz CT molecular complexity index is 779. The molecule has 6 heteroatoms. The molecule has 0 amide bonds. The molecule has 0 radical (unpaired) electrons. The van der Waals surface area contributed by atoms with E-state index in [2.05, 4.69) is 28.9 Å². The van der Waals surface area contributed by atoms with Gasteiger partial charge in [-0.2, -0.15) is 0 Å². The molecule has 2 aromatic carbocycles. The first-order valence-electron chi connectivity index (χ1n) is 9.58. The lowest BCUT2D eigenvalue weighted by Crippen LogP contribution is -2.47. The standard InChI is InChI=1S/C22H29ClN2O3/c1-16-5-6-18(23)19(13-16)25-11-9-24(10-12-25)8-7-17-14-20(26-2)22(28-4)21(15-17)27-3/h5-6,13-15H,7-12H2,1-4H3. The fourth-order valence-electron chi connectivity index (χ4n) is 3.64. The maximum atomic E-state index is 6.40. The van der Waals surface area contributed by atoms with Crippen molar-refractivity contribution in [2.24, 2.45) is 0 Å². The summed E-state index contributed by atoms with van der Waals surface area (Å²) in [7, 11) is 4.92. The molecule has 2 aromatic rings. The third-order valence-electron chi connectivity index (χ3n) is 5.26. The Hall–Kier alpha value is -2.11. The highest BCUT2D eigenvalue weighted by molar-refractivity contribution is 6.33. The van der Waals surface area contributed by atoms with Gasteiger partial charge in [-0.25, -0.2) is 0 Å². The van der Waals surface area contributed by atoms with Crippen molar-refractivity contribution in [3.05, 3.63) is 46.5 Å². The van der Waals surface area contributed by atoms with Gasteiger partial charge in [-0.05, 0) is 48.7 Å². The molecule has 0 spiro atoms. The second-order valence-electron chi connectivity index (χ2n) is 7.07. The summed E-state index contributed by atoms with van der Waals surface area (Å²) in [5.41, 5.74) is 3.56. The van der Waals surface area contributed by atoms with Crippen LogP contribution >= 0.6 is 11.6 Å². The molecular formula is C22H29ClN2O3. The lowest BCUT2D eigenvalue weighted by atomic mass is 10.1. The van der Waals surface area contributed by atoms with Crippen LogP contribution in [0.5, 0.6) is 17.2 Å². The summed E-state index contributed by atoms with van der Waals surface area (Å²) >= 11 is 6.40. The minimum absolute atomic E-state index is 0.636. The number of nitrogens with zero attached hydrogens (tertiary/aromatic N) is 2. The van der Waals surface area contributed by atoms with Crippen molar-refractivity contribution in [2.75, 3.05) is 59.0 Å². The van der Waals surface area contributed by atoms with Gasteiger partial charge in [0.1, 0.15) is 0 Å². The first-order chi connectivity index (χ1) is 13.5. The van der Waals surface area contributed by atoms with Crippen LogP contribution in [-0.2, 0) is 6.42 Å². The molecule has 1 saturated heterocycles. The number of benzene rings is 2. The maximum Gasteiger partial charge on any atom is 0.203 e. The highest BCUT2D eigenvalue weighted by atomic mass is 35.5. The van der Waals surface area contributed by atoms with Crippen molar-refractivity contribution in [1.82, 2.24) is 4.90 Å². The lowest BCUT2D eigenvalue weighted by molar-refractivity contribution is 0.260. The molecule has 0 atom stereocenters. The number of piperazine rings is 1. The number of anilines is 1. The SMILES string of the molecule is COc1cc(CCN2CCN(c3cc(C)ccc3Cl)CC2)cc(OC)c1OC. The molecule has 0 N–H and O–H groups in total. The van der Waals surface area contributed by atoms with Crippen molar-refractivity contribution < 1.29 is 14.2 Å². The highest BCUT2D eigenvalue weighted by Gasteiger charge is 2.19. The number of halogens is 1. The minimum Gasteiger partial charge on any atom is -0.493 e. The van der Waals surface area contributed by atoms with Gasteiger partial charge in [0.25, 0.3) is 0 Å². The molecule has 0 saturated carbocycles. The van der Waals surface area contributed by atoms with Gasteiger partial charge in [-0.1, -0.05) is 17.7 Å². The molecule has 152 valence electrons. The molecule has 28 heavy (non-hydrogen) atoms. The molecule has 1 heterocycles. The molecule has 1 aliphatic heterocycles. The van der Waals surface area contributed by atoms with Gasteiger partial charge >= 0.3 is 0 Å². The average molecular weight is 405 g/mol. The largest absolute Gasteiger partial charge is 0.493 e. The Morgan fingerprint density at radius 2 is 1.54 bits per heavy atom. The van der Waals surface area contributed by atoms with Crippen molar-refractivity contribution >= 4 is 17.3 Å². The molecular weight excluding hydrogens is 376 g/mol. The van der Waals surface area contributed by atoms with Crippen LogP contribution in [0.25, 0.3) is 0 Å². The molecule has 0 unspecified atom stereocenters. The molecule has 0 aliphatic carbocycles. The fourth-order valence-corrected chi connectivity index (χ4v) is 3.88. The number of methoxy groups -OCH3 is 3. The van der Waals surface area contributed by atoms with E-state index >= 15 is 0 Å². The molecule has 3 rings (SSSR count). The van der Waals surface area contributed by atoms with Gasteiger partial charge in [-0.3, -0.25) is 4.90 Å². The van der Waals surface area contributed by atoms with Gasteiger partial charge < -0.3 is 19.1 Å². The number of hydrogen-bond donors (Lipinski definition) is 0. The van der Waals surface area contributed by atoms with E-state index < -0.39 is 0 Å². The zero-order valence-corrected chi connectivity index (χ0v) is 17.9. The number of rotatable bonds is 7. The van der Waals surface area contributed by atoms with E-state index in [1.807, 2.05) is 18.2 Å². The van der Waals surface area contributed by atoms with E-state index in [0.29, 0.717) is 17.2 Å². The monoisotopic (exact) mass is 404 g/mol. The van der Waals surface area contributed by atoms with Crippen LogP contribution in [0.2, 0.25) is 5.02 Å². The third kappa shape index (κ3) is 4.65. The molecule has 0 aromatic heterocycles. The fraction of sp³-hybridized carbons (Fsp3) is 0.455. The molecule has 1 fully saturated rings. The van der Waals surface area contributed by atoms with Crippen molar-refractivity contribution in [2.45, 2.75) is 13.3 Å². The van der Waals surface area contributed by atoms with Gasteiger partial charge in [0, 0.05) is 32.7 Å². The van der Waals surface area contributed by atoms with Crippen LogP contribution in [0.1, 0.15) is 11.1 Å². The normalized spacial score (nSPS) is 14.8. The average Bonchev–Trinajstić information content (AvgIpc) is 2.73. The highest BCUT2D eigenvalue weighted by Crippen LogP contribution is 2.38. The van der Waals surface area contributed by atoms with Crippen LogP contribution in [0, 0.1) is 6.92 Å². The summed E-state index contributed by atoms with van der Waals surface area (Å²) < 4.78 is 16.3. The van der Waals surface area contributed by atoms with Crippen molar-refractivity contribution in [3.63, 3.8) is 0 Å². The first kappa shape index (κ1) is 20.6. The van der Waals surface area contributed by atoms with E-state index in [-0.39, 0.29) is 0 Å². The lowest BCUT2D eigenvalue weighted by Gasteiger charge is -2.36. The van der Waals surface area contributed by atoms with E-state index in [1.54, 1.807) is 21.3 Å². The summed E-state index contributed by atoms with van der Waals surface area (Å²) in [5, 5.41) is 0.830. The summed E-state index contributed by atoms with van der Waals surface area (Å²) in [6.07, 6.45) is 0.932. The van der Waals surface area contributed by atoms with Gasteiger partial charge in [0.2, 0.25) is 5.75 Å². The Labute approximate surface area is 172 Å². The summed E-state index contributed by atoms with van der Waals surface area (Å²) in [5.74, 6) is 2.05. The number of aryl methyl sites for hydroxylation is 1. The van der Waals surface area contributed by atoms with E-state index in [0.717, 1.165) is 49.9 Å². The zero-order chi connectivity index (χ0) is 20.1. The molecule has 0 bridgehead atoms. The number of ether oxygens (including phenoxy) is 3. The van der Waals surface area contributed by atoms with Crippen LogP contribution in [0.15, 0.2) is 30.3 Å². The summed E-state index contributed by atoms with van der Waals surface area (Å²) in [6, 6.07) is 10.3. The predicted molar refractivity (Wildman–Crippen MR) is 115 cm³/mol. The van der Waals surface area contributed by atoms with E-state index in [9.17, 15) is 0 Å². The van der Waals surface area contributed by atoms with E-state index in [4.69, 9.17) is 25.8 Å². The van der Waals surface area contributed by atoms with Gasteiger partial charge in [-0.15, -0.1) is 0 Å². The second-order valence-corrected chi connectivity index (χ2v) is 7.47. The van der Waals surface area contributed by atoms with Crippen molar-refractivity contribution in [3.8, 4) is 17.2 Å². The Kier molecular flexibility index (Phi) is 6.92. The van der Waals surface area contributed by atoms with Crippen LogP contribution in [-0.4, -0.2) is 59.0 Å². The van der Waals surface area contributed by atoms with Crippen molar-refractivity contribution in [1.29, 1.82) is 0 Å². The molecule has 5 nitrogen and oxygen atoms in total. The van der Waals surface area contributed by atoms with Crippen LogP contribution < -0.4 is 19.1 Å². The second kappa shape index (κ2) is 9.39. The third-order valence-corrected chi connectivity index (χ3v) is 5.58. The summed E-state index contributed by atoms with van der Waals surface area (Å²) in [4.78, 5) is 4.87. The zero-order valence-electron chi connectivity index (χ0n) is 17.1. The first-order valence-corrected chi connectivity index (χ1v) is 9.96.